The van der Waals surface area contributed by atoms with E-state index in [-0.39, 0.29) is 11.3 Å². The molecule has 0 bridgehead atoms. The van der Waals surface area contributed by atoms with Crippen molar-refractivity contribution in [2.75, 3.05) is 0 Å². The van der Waals surface area contributed by atoms with Crippen molar-refractivity contribution in [1.29, 1.82) is 0 Å². The van der Waals surface area contributed by atoms with E-state index in [0.717, 1.165) is 43.9 Å². The summed E-state index contributed by atoms with van der Waals surface area (Å²) in [6, 6.07) is 6.52. The van der Waals surface area contributed by atoms with Gasteiger partial charge in [-0.3, -0.25) is 4.79 Å². The van der Waals surface area contributed by atoms with E-state index in [2.05, 4.69) is 52.1 Å². The van der Waals surface area contributed by atoms with Crippen molar-refractivity contribution in [3.05, 3.63) is 46.5 Å². The van der Waals surface area contributed by atoms with Gasteiger partial charge in [0.1, 0.15) is 5.82 Å². The fourth-order valence-corrected chi connectivity index (χ4v) is 4.43. The lowest BCUT2D eigenvalue weighted by Gasteiger charge is -2.41. The third kappa shape index (κ3) is 3.04. The molecule has 1 aliphatic carbocycles. The minimum Gasteiger partial charge on any atom is -0.348 e. The molecule has 4 rings (SSSR count). The molecule has 2 aliphatic rings. The van der Waals surface area contributed by atoms with Gasteiger partial charge in [0.05, 0.1) is 12.0 Å². The van der Waals surface area contributed by atoms with E-state index in [1.165, 1.54) is 36.0 Å². The Morgan fingerprint density at radius 2 is 1.85 bits per heavy atom. The highest BCUT2D eigenvalue weighted by Gasteiger charge is 2.45. The van der Waals surface area contributed by atoms with E-state index < -0.39 is 0 Å². The van der Waals surface area contributed by atoms with E-state index in [9.17, 15) is 4.79 Å². The van der Waals surface area contributed by atoms with Crippen LogP contribution in [0.1, 0.15) is 66.9 Å². The third-order valence-corrected chi connectivity index (χ3v) is 6.01. The van der Waals surface area contributed by atoms with Crippen LogP contribution in [0.2, 0.25) is 0 Å². The second-order valence-electron chi connectivity index (χ2n) is 7.99. The van der Waals surface area contributed by atoms with E-state index in [0.29, 0.717) is 6.54 Å². The van der Waals surface area contributed by atoms with Crippen LogP contribution in [0.5, 0.6) is 0 Å². The van der Waals surface area contributed by atoms with Crippen molar-refractivity contribution in [2.24, 2.45) is 0 Å². The molecule has 5 nitrogen and oxygen atoms in total. The summed E-state index contributed by atoms with van der Waals surface area (Å²) in [5.41, 5.74) is 3.25. The van der Waals surface area contributed by atoms with E-state index >= 15 is 0 Å². The van der Waals surface area contributed by atoms with Crippen LogP contribution in [0.4, 0.5) is 0 Å². The summed E-state index contributed by atoms with van der Waals surface area (Å²) in [6.45, 7) is 5.65. The second-order valence-corrected chi connectivity index (χ2v) is 7.99. The molecular weight excluding hydrogens is 324 g/mol. The maximum atomic E-state index is 13.1. The normalized spacial score (nSPS) is 18.5. The van der Waals surface area contributed by atoms with Crippen molar-refractivity contribution >= 4 is 5.91 Å². The van der Waals surface area contributed by atoms with Gasteiger partial charge in [-0.25, -0.2) is 0 Å². The Bertz CT molecular complexity index is 799. The van der Waals surface area contributed by atoms with Crippen LogP contribution in [0.3, 0.4) is 0 Å². The van der Waals surface area contributed by atoms with Gasteiger partial charge in [0.2, 0.25) is 5.91 Å². The number of aromatic nitrogens is 3. The zero-order valence-electron chi connectivity index (χ0n) is 15.8. The highest BCUT2D eigenvalue weighted by Crippen LogP contribution is 2.44. The summed E-state index contributed by atoms with van der Waals surface area (Å²) in [5.74, 6) is 2.10. The van der Waals surface area contributed by atoms with Gasteiger partial charge in [-0.2, -0.15) is 0 Å². The number of fused-ring (bicyclic) bond motifs is 1. The smallest absolute Gasteiger partial charge is 0.231 e. The van der Waals surface area contributed by atoms with Gasteiger partial charge in [0.25, 0.3) is 0 Å². The van der Waals surface area contributed by atoms with Crippen LogP contribution in [-0.4, -0.2) is 20.7 Å². The molecule has 5 heteroatoms. The fourth-order valence-electron chi connectivity index (χ4n) is 4.43. The number of benzene rings is 1. The summed E-state index contributed by atoms with van der Waals surface area (Å²) in [4.78, 5) is 13.1. The number of carbonyl (C=O) groups is 1. The molecule has 1 fully saturated rings. The molecule has 0 saturated heterocycles. The zero-order valence-corrected chi connectivity index (χ0v) is 15.8. The van der Waals surface area contributed by atoms with E-state index in [1.54, 1.807) is 0 Å². The minimum absolute atomic E-state index is 0.139. The summed E-state index contributed by atoms with van der Waals surface area (Å²) in [7, 11) is 0. The van der Waals surface area contributed by atoms with Crippen molar-refractivity contribution < 1.29 is 4.79 Å². The lowest BCUT2D eigenvalue weighted by molar-refractivity contribution is -0.130. The predicted molar refractivity (Wildman–Crippen MR) is 101 cm³/mol. The Kier molecular flexibility index (Phi) is 4.55. The molecule has 1 amide bonds. The van der Waals surface area contributed by atoms with Crippen LogP contribution in [0, 0.1) is 13.8 Å². The van der Waals surface area contributed by atoms with Gasteiger partial charge < -0.3 is 9.88 Å². The first-order chi connectivity index (χ1) is 12.6. The van der Waals surface area contributed by atoms with Crippen molar-refractivity contribution in [2.45, 2.75) is 77.3 Å². The van der Waals surface area contributed by atoms with Gasteiger partial charge in [0, 0.05) is 13.0 Å². The molecule has 26 heavy (non-hydrogen) atoms. The highest BCUT2D eigenvalue weighted by molar-refractivity contribution is 5.89. The average Bonchev–Trinajstić information content (AvgIpc) is 2.78. The topological polar surface area (TPSA) is 59.8 Å². The molecule has 1 saturated carbocycles. The van der Waals surface area contributed by atoms with Crippen molar-refractivity contribution in [1.82, 2.24) is 20.1 Å². The molecule has 0 unspecified atom stereocenters. The van der Waals surface area contributed by atoms with E-state index in [4.69, 9.17) is 0 Å². The molecule has 1 aliphatic heterocycles. The molecule has 0 radical (unpaired) electrons. The summed E-state index contributed by atoms with van der Waals surface area (Å²) < 4.78 is 2.21. The monoisotopic (exact) mass is 352 g/mol. The number of nitrogens with one attached hydrogen (secondary N) is 1. The number of hydrogen-bond donors (Lipinski definition) is 1. The van der Waals surface area contributed by atoms with Crippen LogP contribution in [-0.2, 0) is 29.7 Å². The summed E-state index contributed by atoms with van der Waals surface area (Å²) >= 11 is 0. The summed E-state index contributed by atoms with van der Waals surface area (Å²) in [5, 5.41) is 11.8. The first kappa shape index (κ1) is 17.3. The predicted octanol–water partition coefficient (Wildman–Crippen LogP) is 3.36. The van der Waals surface area contributed by atoms with Crippen LogP contribution >= 0.6 is 0 Å². The highest BCUT2D eigenvalue weighted by atomic mass is 16.2. The number of aryl methyl sites for hydroxylation is 3. The number of carbonyl (C=O) groups excluding carboxylic acids is 1. The molecule has 1 aromatic carbocycles. The molecule has 0 spiro atoms. The van der Waals surface area contributed by atoms with Gasteiger partial charge in [-0.15, -0.1) is 10.2 Å². The molecule has 1 N–H and O–H groups in total. The SMILES string of the molecule is Cc1cc(C)cc(C2(C(=O)NCc3nnc4n3CCCCC4)CCC2)c1. The lowest BCUT2D eigenvalue weighted by Crippen LogP contribution is -2.49. The Morgan fingerprint density at radius 3 is 2.54 bits per heavy atom. The largest absolute Gasteiger partial charge is 0.348 e. The van der Waals surface area contributed by atoms with Crippen LogP contribution in [0.15, 0.2) is 18.2 Å². The lowest BCUT2D eigenvalue weighted by atomic mass is 9.63. The molecule has 2 aromatic rings. The molecule has 0 atom stereocenters. The minimum atomic E-state index is -0.363. The number of nitrogens with zero attached hydrogens (tertiary/aromatic N) is 3. The summed E-state index contributed by atoms with van der Waals surface area (Å²) in [6.07, 6.45) is 7.55. The first-order valence-electron chi connectivity index (χ1n) is 9.86. The molecular formula is C21H28N4O. The molecule has 1 aromatic heterocycles. The standard InChI is InChI=1S/C21H28N4O/c1-15-11-16(2)13-17(12-15)21(8-6-9-21)20(26)22-14-19-24-23-18-7-4-3-5-10-25(18)19/h11-13H,3-10,14H2,1-2H3,(H,22,26). The first-order valence-corrected chi connectivity index (χ1v) is 9.86. The van der Waals surface area contributed by atoms with Crippen molar-refractivity contribution in [3.63, 3.8) is 0 Å². The number of hydrogen-bond acceptors (Lipinski definition) is 3. The Balaban J connectivity index is 1.51. The molecule has 138 valence electrons. The van der Waals surface area contributed by atoms with Gasteiger partial charge in [0.15, 0.2) is 5.82 Å². The third-order valence-electron chi connectivity index (χ3n) is 6.01. The maximum absolute atomic E-state index is 13.1. The number of rotatable bonds is 4. The quantitative estimate of drug-likeness (QED) is 0.918. The van der Waals surface area contributed by atoms with E-state index in [1.807, 2.05) is 0 Å². The maximum Gasteiger partial charge on any atom is 0.231 e. The Labute approximate surface area is 155 Å². The van der Waals surface area contributed by atoms with Crippen LogP contribution in [0.25, 0.3) is 0 Å². The number of amides is 1. The Morgan fingerprint density at radius 1 is 1.08 bits per heavy atom. The van der Waals surface area contributed by atoms with Gasteiger partial charge in [-0.1, -0.05) is 42.2 Å². The molecule has 2 heterocycles. The fraction of sp³-hybridized carbons (Fsp3) is 0.571. The van der Waals surface area contributed by atoms with Gasteiger partial charge in [-0.05, 0) is 45.1 Å². The Hall–Kier alpha value is -2.17. The second kappa shape index (κ2) is 6.86. The van der Waals surface area contributed by atoms with Crippen LogP contribution < -0.4 is 5.32 Å². The van der Waals surface area contributed by atoms with Crippen molar-refractivity contribution in [3.8, 4) is 0 Å². The average molecular weight is 352 g/mol. The van der Waals surface area contributed by atoms with Gasteiger partial charge >= 0.3 is 0 Å². The zero-order chi connectivity index (χ0) is 18.1.